The molecular weight excluding hydrogens is 244 g/mol. The Kier molecular flexibility index (Phi) is 3.77. The molecule has 5 heteroatoms. The van der Waals surface area contributed by atoms with E-state index in [1.165, 1.54) is 12.1 Å². The number of ether oxygens (including phenoxy) is 1. The molecule has 0 unspecified atom stereocenters. The minimum absolute atomic E-state index is 0.0350. The molecule has 0 fully saturated rings. The van der Waals surface area contributed by atoms with Gasteiger partial charge in [-0.3, -0.25) is 10.1 Å². The Bertz CT molecular complexity index is 579. The molecule has 2 aromatic carbocycles. The van der Waals surface area contributed by atoms with E-state index in [1.807, 2.05) is 31.2 Å². The Morgan fingerprint density at radius 3 is 2.37 bits per heavy atom. The van der Waals surface area contributed by atoms with Gasteiger partial charge in [-0.2, -0.15) is 0 Å². The van der Waals surface area contributed by atoms with Crippen LogP contribution in [0.25, 0.3) is 0 Å². The third-order valence-electron chi connectivity index (χ3n) is 2.68. The van der Waals surface area contributed by atoms with Gasteiger partial charge in [0.15, 0.2) is 0 Å². The van der Waals surface area contributed by atoms with Gasteiger partial charge < -0.3 is 10.5 Å². The molecule has 0 amide bonds. The summed E-state index contributed by atoms with van der Waals surface area (Å²) in [7, 11) is 0. The molecule has 0 saturated carbocycles. The number of nitrogens with zero attached hydrogens (tertiary/aromatic N) is 1. The molecule has 1 atom stereocenters. The number of nitro groups is 1. The van der Waals surface area contributed by atoms with Gasteiger partial charge in [-0.1, -0.05) is 18.2 Å². The molecule has 2 N–H and O–H groups in total. The van der Waals surface area contributed by atoms with Crippen LogP contribution in [0.3, 0.4) is 0 Å². The van der Waals surface area contributed by atoms with Crippen LogP contribution < -0.4 is 10.5 Å². The summed E-state index contributed by atoms with van der Waals surface area (Å²) in [5, 5.41) is 10.6. The maximum Gasteiger partial charge on any atom is 0.269 e. The zero-order valence-corrected chi connectivity index (χ0v) is 10.4. The fourth-order valence-electron chi connectivity index (χ4n) is 1.71. The topological polar surface area (TPSA) is 78.4 Å². The summed E-state index contributed by atoms with van der Waals surface area (Å²) < 4.78 is 5.70. The van der Waals surface area contributed by atoms with E-state index in [1.54, 1.807) is 12.1 Å². The summed E-state index contributed by atoms with van der Waals surface area (Å²) in [6, 6.07) is 13.3. The highest BCUT2D eigenvalue weighted by Crippen LogP contribution is 2.29. The van der Waals surface area contributed by atoms with Gasteiger partial charge >= 0.3 is 0 Å². The number of non-ortho nitro benzene ring substituents is 1. The van der Waals surface area contributed by atoms with Crippen LogP contribution in [0.1, 0.15) is 18.5 Å². The molecule has 98 valence electrons. The minimum Gasteiger partial charge on any atom is -0.457 e. The fraction of sp³-hybridized carbons (Fsp3) is 0.143. The van der Waals surface area contributed by atoms with E-state index in [4.69, 9.17) is 10.5 Å². The van der Waals surface area contributed by atoms with E-state index in [0.717, 1.165) is 5.56 Å². The lowest BCUT2D eigenvalue weighted by Gasteiger charge is -2.13. The fourth-order valence-corrected chi connectivity index (χ4v) is 1.71. The standard InChI is InChI=1S/C14H14N2O3/c1-10(15)13-4-2-3-5-14(13)19-12-8-6-11(7-9-12)16(17)18/h2-10H,15H2,1H3/t10-/m0/s1. The second kappa shape index (κ2) is 5.49. The predicted octanol–water partition coefficient (Wildman–Crippen LogP) is 3.41. The number of nitrogens with two attached hydrogens (primary N) is 1. The summed E-state index contributed by atoms with van der Waals surface area (Å²) in [4.78, 5) is 10.1. The highest BCUT2D eigenvalue weighted by atomic mass is 16.6. The Morgan fingerprint density at radius 2 is 1.79 bits per heavy atom. The van der Waals surface area contributed by atoms with Crippen LogP contribution in [0.5, 0.6) is 11.5 Å². The zero-order valence-electron chi connectivity index (χ0n) is 10.4. The summed E-state index contributed by atoms with van der Waals surface area (Å²) in [6.07, 6.45) is 0. The van der Waals surface area contributed by atoms with Crippen LogP contribution in [0.2, 0.25) is 0 Å². The molecule has 0 heterocycles. The first-order chi connectivity index (χ1) is 9.08. The first kappa shape index (κ1) is 13.0. The SMILES string of the molecule is C[C@H](N)c1ccccc1Oc1ccc([N+](=O)[O-])cc1. The van der Waals surface area contributed by atoms with E-state index in [-0.39, 0.29) is 11.7 Å². The van der Waals surface area contributed by atoms with Gasteiger partial charge in [0.2, 0.25) is 0 Å². The molecule has 19 heavy (non-hydrogen) atoms. The van der Waals surface area contributed by atoms with Crippen molar-refractivity contribution in [1.29, 1.82) is 0 Å². The molecule has 0 aliphatic heterocycles. The van der Waals surface area contributed by atoms with E-state index < -0.39 is 4.92 Å². The van der Waals surface area contributed by atoms with Crippen LogP contribution in [-0.4, -0.2) is 4.92 Å². The van der Waals surface area contributed by atoms with Gasteiger partial charge in [0, 0.05) is 23.7 Å². The lowest BCUT2D eigenvalue weighted by Crippen LogP contribution is -2.06. The molecule has 0 aliphatic carbocycles. The molecule has 2 rings (SSSR count). The zero-order chi connectivity index (χ0) is 13.8. The number of rotatable bonds is 4. The van der Waals surface area contributed by atoms with Crippen molar-refractivity contribution < 1.29 is 9.66 Å². The van der Waals surface area contributed by atoms with Gasteiger partial charge in [-0.05, 0) is 25.1 Å². The van der Waals surface area contributed by atoms with Crippen molar-refractivity contribution in [3.8, 4) is 11.5 Å². The summed E-state index contributed by atoms with van der Waals surface area (Å²) in [5.74, 6) is 1.20. The van der Waals surface area contributed by atoms with Crippen LogP contribution in [0, 0.1) is 10.1 Å². The average Bonchev–Trinajstić information content (AvgIpc) is 2.39. The van der Waals surface area contributed by atoms with Crippen molar-refractivity contribution in [2.45, 2.75) is 13.0 Å². The second-order valence-corrected chi connectivity index (χ2v) is 4.18. The van der Waals surface area contributed by atoms with Gasteiger partial charge in [0.05, 0.1) is 4.92 Å². The van der Waals surface area contributed by atoms with Gasteiger partial charge in [-0.25, -0.2) is 0 Å². The highest BCUT2D eigenvalue weighted by Gasteiger charge is 2.09. The van der Waals surface area contributed by atoms with Crippen molar-refractivity contribution in [3.63, 3.8) is 0 Å². The van der Waals surface area contributed by atoms with Crippen molar-refractivity contribution in [3.05, 3.63) is 64.2 Å². The number of para-hydroxylation sites is 1. The number of hydrogen-bond acceptors (Lipinski definition) is 4. The van der Waals surface area contributed by atoms with Gasteiger partial charge in [-0.15, -0.1) is 0 Å². The first-order valence-corrected chi connectivity index (χ1v) is 5.85. The Hall–Kier alpha value is -2.40. The third kappa shape index (κ3) is 3.08. The molecule has 5 nitrogen and oxygen atoms in total. The van der Waals surface area contributed by atoms with Crippen molar-refractivity contribution in [2.24, 2.45) is 5.73 Å². The first-order valence-electron chi connectivity index (χ1n) is 5.85. The van der Waals surface area contributed by atoms with Crippen molar-refractivity contribution >= 4 is 5.69 Å². The Balaban J connectivity index is 2.24. The normalized spacial score (nSPS) is 11.9. The quantitative estimate of drug-likeness (QED) is 0.673. The monoisotopic (exact) mass is 258 g/mol. The van der Waals surface area contributed by atoms with E-state index in [9.17, 15) is 10.1 Å². The molecule has 0 saturated heterocycles. The molecule has 0 radical (unpaired) electrons. The average molecular weight is 258 g/mol. The lowest BCUT2D eigenvalue weighted by molar-refractivity contribution is -0.384. The molecule has 0 bridgehead atoms. The molecule has 0 aliphatic rings. The largest absolute Gasteiger partial charge is 0.457 e. The number of hydrogen-bond donors (Lipinski definition) is 1. The van der Waals surface area contributed by atoms with Crippen LogP contribution in [-0.2, 0) is 0 Å². The summed E-state index contributed by atoms with van der Waals surface area (Å²) in [6.45, 7) is 1.87. The minimum atomic E-state index is -0.445. The lowest BCUT2D eigenvalue weighted by atomic mass is 10.1. The maximum absolute atomic E-state index is 10.6. The molecule has 0 aromatic heterocycles. The summed E-state index contributed by atoms with van der Waals surface area (Å²) >= 11 is 0. The number of nitro benzene ring substituents is 1. The van der Waals surface area contributed by atoms with Crippen molar-refractivity contribution in [2.75, 3.05) is 0 Å². The predicted molar refractivity (Wildman–Crippen MR) is 72.2 cm³/mol. The van der Waals surface area contributed by atoms with E-state index in [0.29, 0.717) is 11.5 Å². The van der Waals surface area contributed by atoms with Crippen LogP contribution >= 0.6 is 0 Å². The summed E-state index contributed by atoms with van der Waals surface area (Å²) in [5.41, 5.74) is 6.79. The highest BCUT2D eigenvalue weighted by molar-refractivity contribution is 5.42. The third-order valence-corrected chi connectivity index (χ3v) is 2.68. The number of benzene rings is 2. The van der Waals surface area contributed by atoms with Crippen LogP contribution in [0.15, 0.2) is 48.5 Å². The maximum atomic E-state index is 10.6. The Morgan fingerprint density at radius 1 is 1.16 bits per heavy atom. The molecular formula is C14H14N2O3. The van der Waals surface area contributed by atoms with Gasteiger partial charge in [0.1, 0.15) is 11.5 Å². The smallest absolute Gasteiger partial charge is 0.269 e. The second-order valence-electron chi connectivity index (χ2n) is 4.18. The molecule has 2 aromatic rings. The van der Waals surface area contributed by atoms with E-state index >= 15 is 0 Å². The molecule has 0 spiro atoms. The Labute approximate surface area is 110 Å². The van der Waals surface area contributed by atoms with Crippen LogP contribution in [0.4, 0.5) is 5.69 Å². The van der Waals surface area contributed by atoms with Crippen molar-refractivity contribution in [1.82, 2.24) is 0 Å². The van der Waals surface area contributed by atoms with Gasteiger partial charge in [0.25, 0.3) is 5.69 Å². The van der Waals surface area contributed by atoms with E-state index in [2.05, 4.69) is 0 Å².